The van der Waals surface area contributed by atoms with E-state index in [-0.39, 0.29) is 0 Å². The van der Waals surface area contributed by atoms with Gasteiger partial charge in [0.05, 0.1) is 0 Å². The number of hydrogen-bond donors (Lipinski definition) is 0. The molecule has 0 spiro atoms. The maximum atomic E-state index is 11.3. The lowest BCUT2D eigenvalue weighted by molar-refractivity contribution is -0.135. The molecule has 76 valence electrons. The summed E-state index contributed by atoms with van der Waals surface area (Å²) < 4.78 is 9.01. The Morgan fingerprint density at radius 1 is 1.21 bits per heavy atom. The van der Waals surface area contributed by atoms with Gasteiger partial charge in [0.2, 0.25) is 0 Å². The highest BCUT2D eigenvalue weighted by Crippen LogP contribution is 2.33. The maximum Gasteiger partial charge on any atom is 0.381 e. The van der Waals surface area contributed by atoms with Gasteiger partial charge < -0.3 is 7.80 Å². The molecule has 0 saturated carbocycles. The van der Waals surface area contributed by atoms with Gasteiger partial charge in [0, 0.05) is 0 Å². The molecule has 0 bridgehead atoms. The van der Waals surface area contributed by atoms with Crippen molar-refractivity contribution in [3.05, 3.63) is 30.3 Å². The van der Waals surface area contributed by atoms with Crippen LogP contribution in [0.3, 0.4) is 0 Å². The van der Waals surface area contributed by atoms with Crippen LogP contribution in [0.15, 0.2) is 30.3 Å². The fraction of sp³-hybridized carbons (Fsp3) is 0.125. The number of hydrogen-bond acceptors (Lipinski definition) is 3. The van der Waals surface area contributed by atoms with Crippen LogP contribution in [0.4, 0.5) is 0 Å². The third-order valence-corrected chi connectivity index (χ3v) is 3.02. The lowest BCUT2D eigenvalue weighted by Gasteiger charge is -2.18. The third-order valence-electron chi connectivity index (χ3n) is 1.30. The molecule has 0 heterocycles. The molecule has 0 fully saturated rings. The van der Waals surface area contributed by atoms with Crippen LogP contribution in [0.25, 0.3) is 0 Å². The van der Waals surface area contributed by atoms with Crippen LogP contribution in [-0.4, -0.2) is 7.58 Å². The van der Waals surface area contributed by atoms with Crippen LogP contribution in [-0.2, 0) is 7.86 Å². The number of carbonyl (C=O) groups is 1. The van der Waals surface area contributed by atoms with Gasteiger partial charge in [-0.15, -0.1) is 0 Å². The molecule has 0 aliphatic carbocycles. The van der Waals surface area contributed by atoms with E-state index in [4.69, 9.17) is 4.74 Å². The minimum atomic E-state index is -1.02. The van der Waals surface area contributed by atoms with E-state index >= 15 is 0 Å². The summed E-state index contributed by atoms with van der Waals surface area (Å²) >= 11 is 5.32. The summed E-state index contributed by atoms with van der Waals surface area (Å²) in [5, 5.41) is 0. The highest BCUT2D eigenvalue weighted by molar-refractivity contribution is 14.2. The number of rotatable bonds is 3. The average Bonchev–Trinajstić information content (AvgIpc) is 2.17. The summed E-state index contributed by atoms with van der Waals surface area (Å²) in [5.74, 6) is 0.209. The number of para-hydroxylation sites is 1. The summed E-state index contributed by atoms with van der Waals surface area (Å²) in [7, 11) is 0. The Labute approximate surface area is 123 Å². The lowest BCUT2D eigenvalue weighted by Crippen LogP contribution is -2.31. The average molecular weight is 530 g/mol. The second-order valence-electron chi connectivity index (χ2n) is 2.30. The largest absolute Gasteiger partial charge is 0.457 e. The van der Waals surface area contributed by atoms with Crippen molar-refractivity contribution < 1.29 is 12.6 Å². The Kier molecular flexibility index (Phi) is 5.17. The number of alkyl halides is 2. The summed E-state index contributed by atoms with van der Waals surface area (Å²) in [6.45, 7) is 0. The summed E-state index contributed by atoms with van der Waals surface area (Å²) in [6.07, 6.45) is 0. The number of halogens is 3. The van der Waals surface area contributed by atoms with Gasteiger partial charge in [0.15, 0.2) is 23.0 Å². The first-order chi connectivity index (χ1) is 6.56. The topological polar surface area (TPSA) is 35.5 Å². The molecule has 1 aromatic rings. The van der Waals surface area contributed by atoms with Gasteiger partial charge in [-0.05, 0) is 57.3 Å². The Balaban J connectivity index is 2.73. The first kappa shape index (κ1) is 12.7. The van der Waals surface area contributed by atoms with Crippen molar-refractivity contribution in [2.75, 3.05) is 0 Å². The Morgan fingerprint density at radius 2 is 1.79 bits per heavy atom. The molecule has 0 saturated heterocycles. The van der Waals surface area contributed by atoms with E-state index in [0.717, 1.165) is 0 Å². The molecule has 0 aliphatic rings. The van der Waals surface area contributed by atoms with Crippen molar-refractivity contribution in [2.45, 2.75) is 1.61 Å². The fourth-order valence-corrected chi connectivity index (χ4v) is 2.60. The molecule has 0 aromatic heterocycles. The third kappa shape index (κ3) is 3.68. The zero-order valence-electron chi connectivity index (χ0n) is 6.75. The molecular weight excluding hydrogens is 525 g/mol. The van der Waals surface area contributed by atoms with Crippen LogP contribution in [0.2, 0.25) is 0 Å². The number of ether oxygens (including phenoxy) is 1. The summed E-state index contributed by atoms with van der Waals surface area (Å²) in [4.78, 5) is 11.3. The first-order valence-electron chi connectivity index (χ1n) is 3.51. The van der Waals surface area contributed by atoms with Crippen LogP contribution >= 0.6 is 68.2 Å². The molecule has 0 radical (unpaired) electrons. The zero-order chi connectivity index (χ0) is 10.6. The van der Waals surface area contributed by atoms with Crippen LogP contribution in [0, 0.1) is 0 Å². The minimum Gasteiger partial charge on any atom is -0.457 e. The summed E-state index contributed by atoms with van der Waals surface area (Å²) in [5.41, 5.74) is 0. The Bertz CT molecular complexity index is 313. The van der Waals surface area contributed by atoms with Crippen LogP contribution < -0.4 is 4.74 Å². The van der Waals surface area contributed by atoms with Crippen molar-refractivity contribution in [3.63, 3.8) is 0 Å². The number of carbonyl (C=O) groups excluding carboxylic acids is 1. The molecule has 1 rings (SSSR count). The van der Waals surface area contributed by atoms with E-state index < -0.39 is 7.58 Å². The van der Waals surface area contributed by atoms with Gasteiger partial charge in [-0.2, -0.15) is 0 Å². The van der Waals surface area contributed by atoms with Gasteiger partial charge in [-0.25, -0.2) is 4.79 Å². The fourth-order valence-electron chi connectivity index (χ4n) is 0.723. The van der Waals surface area contributed by atoms with Crippen LogP contribution in [0.1, 0.15) is 0 Å². The predicted molar refractivity (Wildman–Crippen MR) is 78.0 cm³/mol. The van der Waals surface area contributed by atoms with Gasteiger partial charge in [-0.1, -0.05) is 18.2 Å². The Hall–Kier alpha value is 0.680. The van der Waals surface area contributed by atoms with E-state index in [1.165, 1.54) is 0 Å². The molecular formula is C8H5I3O3. The molecule has 1 aromatic carbocycles. The van der Waals surface area contributed by atoms with E-state index in [1.54, 1.807) is 35.1 Å². The molecule has 0 amide bonds. The predicted octanol–water partition coefficient (Wildman–Crippen LogP) is 3.48. The molecule has 0 unspecified atom stereocenters. The van der Waals surface area contributed by atoms with E-state index in [0.29, 0.717) is 5.75 Å². The standard InChI is InChI=1S/C8H5I3O3/c9-8(10,7(12)14-11)13-6-4-2-1-3-5-6/h1-5H. The molecule has 0 atom stereocenters. The first-order valence-corrected chi connectivity index (χ1v) is 6.55. The van der Waals surface area contributed by atoms with Gasteiger partial charge in [0.25, 0.3) is 0 Å². The molecule has 6 heteroatoms. The lowest BCUT2D eigenvalue weighted by atomic mass is 10.3. The molecule has 14 heavy (non-hydrogen) atoms. The molecule has 0 aliphatic heterocycles. The second-order valence-corrected chi connectivity index (χ2v) is 7.84. The SMILES string of the molecule is O=C(OI)C(I)(I)Oc1ccccc1. The van der Waals surface area contributed by atoms with E-state index in [2.05, 4.69) is 3.07 Å². The normalized spacial score (nSPS) is 10.8. The van der Waals surface area contributed by atoms with E-state index in [1.807, 2.05) is 63.4 Å². The number of benzene rings is 1. The van der Waals surface area contributed by atoms with Crippen molar-refractivity contribution >= 4 is 74.2 Å². The van der Waals surface area contributed by atoms with Crippen LogP contribution in [0.5, 0.6) is 5.75 Å². The maximum absolute atomic E-state index is 11.3. The van der Waals surface area contributed by atoms with Gasteiger partial charge in [0.1, 0.15) is 5.75 Å². The van der Waals surface area contributed by atoms with Crippen molar-refractivity contribution in [1.29, 1.82) is 0 Å². The van der Waals surface area contributed by atoms with Gasteiger partial charge >= 0.3 is 7.58 Å². The second kappa shape index (κ2) is 5.68. The Morgan fingerprint density at radius 3 is 2.29 bits per heavy atom. The quantitative estimate of drug-likeness (QED) is 0.444. The van der Waals surface area contributed by atoms with Crippen molar-refractivity contribution in [3.8, 4) is 5.75 Å². The van der Waals surface area contributed by atoms with Crippen molar-refractivity contribution in [2.24, 2.45) is 0 Å². The molecule has 3 nitrogen and oxygen atoms in total. The molecule has 0 N–H and O–H groups in total. The zero-order valence-corrected chi connectivity index (χ0v) is 13.2. The highest BCUT2D eigenvalue weighted by atomic mass is 127. The van der Waals surface area contributed by atoms with Crippen molar-refractivity contribution in [1.82, 2.24) is 0 Å². The van der Waals surface area contributed by atoms with E-state index in [9.17, 15) is 4.79 Å². The smallest absolute Gasteiger partial charge is 0.381 e. The highest BCUT2D eigenvalue weighted by Gasteiger charge is 2.36. The summed E-state index contributed by atoms with van der Waals surface area (Å²) in [6, 6.07) is 9.13. The van der Waals surface area contributed by atoms with Gasteiger partial charge in [-0.3, -0.25) is 0 Å². The minimum absolute atomic E-state index is 0.428. The monoisotopic (exact) mass is 530 g/mol.